The summed E-state index contributed by atoms with van der Waals surface area (Å²) < 4.78 is 12.9. The zero-order valence-electron chi connectivity index (χ0n) is 10.6. The zero-order valence-corrected chi connectivity index (χ0v) is 10.6. The number of aryl methyl sites for hydroxylation is 1. The molecular formula is C16H16FNO. The van der Waals surface area contributed by atoms with E-state index in [1.807, 2.05) is 12.1 Å². The molecule has 0 heterocycles. The molecule has 0 bridgehead atoms. The molecule has 2 aromatic carbocycles. The highest BCUT2D eigenvalue weighted by atomic mass is 19.1. The van der Waals surface area contributed by atoms with E-state index in [0.717, 1.165) is 24.1 Å². The molecule has 3 rings (SSSR count). The van der Waals surface area contributed by atoms with Crippen molar-refractivity contribution in [2.45, 2.75) is 18.4 Å². The van der Waals surface area contributed by atoms with Crippen LogP contribution in [0.15, 0.2) is 48.5 Å². The van der Waals surface area contributed by atoms with Crippen molar-refractivity contribution in [3.8, 4) is 0 Å². The van der Waals surface area contributed by atoms with Crippen LogP contribution >= 0.6 is 0 Å². The van der Waals surface area contributed by atoms with Crippen LogP contribution in [0.25, 0.3) is 0 Å². The number of aliphatic hydroxyl groups excluding tert-OH is 1. The van der Waals surface area contributed by atoms with Crippen LogP contribution in [-0.4, -0.2) is 11.7 Å². The molecule has 0 saturated carbocycles. The number of rotatable bonds is 3. The summed E-state index contributed by atoms with van der Waals surface area (Å²) in [6.45, 7) is 0.0292. The van der Waals surface area contributed by atoms with E-state index < -0.39 is 5.54 Å². The average Bonchev–Trinajstić information content (AvgIpc) is 2.81. The molecule has 3 heteroatoms. The summed E-state index contributed by atoms with van der Waals surface area (Å²) in [6.07, 6.45) is 1.80. The largest absolute Gasteiger partial charge is 0.394 e. The number of aliphatic hydroxyl groups is 1. The van der Waals surface area contributed by atoms with Crippen molar-refractivity contribution in [1.29, 1.82) is 0 Å². The van der Waals surface area contributed by atoms with Gasteiger partial charge in [0.15, 0.2) is 0 Å². The van der Waals surface area contributed by atoms with E-state index in [1.165, 1.54) is 17.7 Å². The molecule has 0 radical (unpaired) electrons. The fourth-order valence-electron chi connectivity index (χ4n) is 2.83. The smallest absolute Gasteiger partial charge is 0.123 e. The minimum Gasteiger partial charge on any atom is -0.394 e. The molecule has 0 amide bonds. The van der Waals surface area contributed by atoms with Crippen LogP contribution in [0.4, 0.5) is 10.1 Å². The topological polar surface area (TPSA) is 32.3 Å². The third-order valence-electron chi connectivity index (χ3n) is 3.85. The van der Waals surface area contributed by atoms with Crippen molar-refractivity contribution in [3.63, 3.8) is 0 Å². The molecule has 2 nitrogen and oxygen atoms in total. The van der Waals surface area contributed by atoms with Gasteiger partial charge in [-0.2, -0.15) is 0 Å². The maximum Gasteiger partial charge on any atom is 0.123 e. The molecule has 1 aliphatic rings. The first-order chi connectivity index (χ1) is 9.23. The second-order valence-electron chi connectivity index (χ2n) is 5.03. The van der Waals surface area contributed by atoms with Crippen LogP contribution in [0.2, 0.25) is 0 Å². The Balaban J connectivity index is 1.95. The average molecular weight is 257 g/mol. The standard InChI is InChI=1S/C16H16FNO/c17-13-5-7-14(8-6-13)18-16(11-19)10-9-12-3-1-2-4-15(12)16/h1-8,18-19H,9-11H2. The van der Waals surface area contributed by atoms with Gasteiger partial charge >= 0.3 is 0 Å². The quantitative estimate of drug-likeness (QED) is 0.885. The summed E-state index contributed by atoms with van der Waals surface area (Å²) in [5.74, 6) is -0.254. The van der Waals surface area contributed by atoms with Crippen molar-refractivity contribution >= 4 is 5.69 Å². The van der Waals surface area contributed by atoms with Crippen molar-refractivity contribution in [3.05, 3.63) is 65.5 Å². The van der Waals surface area contributed by atoms with Crippen molar-refractivity contribution < 1.29 is 9.50 Å². The predicted octanol–water partition coefficient (Wildman–Crippen LogP) is 3.07. The predicted molar refractivity (Wildman–Crippen MR) is 73.5 cm³/mol. The molecule has 1 aliphatic carbocycles. The minimum atomic E-state index is -0.450. The highest BCUT2D eigenvalue weighted by molar-refractivity contribution is 5.51. The van der Waals surface area contributed by atoms with Gasteiger partial charge in [-0.1, -0.05) is 24.3 Å². The summed E-state index contributed by atoms with van der Waals surface area (Å²) in [5, 5.41) is 13.2. The molecular weight excluding hydrogens is 241 g/mol. The van der Waals surface area contributed by atoms with E-state index >= 15 is 0 Å². The Hall–Kier alpha value is -1.87. The van der Waals surface area contributed by atoms with E-state index in [1.54, 1.807) is 12.1 Å². The molecule has 0 fully saturated rings. The van der Waals surface area contributed by atoms with Crippen LogP contribution in [0.3, 0.4) is 0 Å². The maximum atomic E-state index is 12.9. The third kappa shape index (κ3) is 2.10. The fraction of sp³-hybridized carbons (Fsp3) is 0.250. The number of halogens is 1. The summed E-state index contributed by atoms with van der Waals surface area (Å²) in [6, 6.07) is 14.4. The lowest BCUT2D eigenvalue weighted by molar-refractivity contribution is 0.212. The van der Waals surface area contributed by atoms with Crippen molar-refractivity contribution in [2.75, 3.05) is 11.9 Å². The van der Waals surface area contributed by atoms with Crippen LogP contribution in [0.5, 0.6) is 0 Å². The summed E-state index contributed by atoms with van der Waals surface area (Å²) in [7, 11) is 0. The van der Waals surface area contributed by atoms with Gasteiger partial charge in [0.2, 0.25) is 0 Å². The lowest BCUT2D eigenvalue weighted by Crippen LogP contribution is -2.36. The Morgan fingerprint density at radius 1 is 1.11 bits per heavy atom. The lowest BCUT2D eigenvalue weighted by atomic mass is 9.92. The molecule has 0 spiro atoms. The Kier molecular flexibility index (Phi) is 2.99. The van der Waals surface area contributed by atoms with Crippen LogP contribution < -0.4 is 5.32 Å². The third-order valence-corrected chi connectivity index (χ3v) is 3.85. The number of nitrogens with one attached hydrogen (secondary N) is 1. The molecule has 2 N–H and O–H groups in total. The monoisotopic (exact) mass is 257 g/mol. The van der Waals surface area contributed by atoms with E-state index in [-0.39, 0.29) is 12.4 Å². The summed E-state index contributed by atoms with van der Waals surface area (Å²) in [4.78, 5) is 0. The van der Waals surface area contributed by atoms with Gasteiger partial charge in [0.05, 0.1) is 12.1 Å². The number of hydrogen-bond donors (Lipinski definition) is 2. The first kappa shape index (κ1) is 12.2. The highest BCUT2D eigenvalue weighted by Crippen LogP contribution is 2.39. The van der Waals surface area contributed by atoms with E-state index in [0.29, 0.717) is 0 Å². The van der Waals surface area contributed by atoms with Gasteiger partial charge in [0.25, 0.3) is 0 Å². The lowest BCUT2D eigenvalue weighted by Gasteiger charge is -2.31. The molecule has 19 heavy (non-hydrogen) atoms. The van der Waals surface area contributed by atoms with Gasteiger partial charge < -0.3 is 10.4 Å². The first-order valence-corrected chi connectivity index (χ1v) is 6.46. The van der Waals surface area contributed by atoms with Gasteiger partial charge in [-0.3, -0.25) is 0 Å². The van der Waals surface area contributed by atoms with Crippen molar-refractivity contribution in [1.82, 2.24) is 0 Å². The second-order valence-corrected chi connectivity index (χ2v) is 5.03. The second kappa shape index (κ2) is 4.67. The van der Waals surface area contributed by atoms with Crippen LogP contribution in [0.1, 0.15) is 17.5 Å². The number of hydrogen-bond acceptors (Lipinski definition) is 2. The van der Waals surface area contributed by atoms with Gasteiger partial charge in [-0.15, -0.1) is 0 Å². The number of fused-ring (bicyclic) bond motifs is 1. The van der Waals surface area contributed by atoms with Gasteiger partial charge in [-0.25, -0.2) is 4.39 Å². The fourth-order valence-corrected chi connectivity index (χ4v) is 2.83. The first-order valence-electron chi connectivity index (χ1n) is 6.46. The van der Waals surface area contributed by atoms with E-state index in [2.05, 4.69) is 17.4 Å². The summed E-state index contributed by atoms with van der Waals surface area (Å²) in [5.41, 5.74) is 2.79. The Bertz CT molecular complexity index is 582. The molecule has 1 atom stereocenters. The summed E-state index contributed by atoms with van der Waals surface area (Å²) >= 11 is 0. The van der Waals surface area contributed by atoms with Gasteiger partial charge in [0, 0.05) is 5.69 Å². The van der Waals surface area contributed by atoms with Crippen LogP contribution in [0, 0.1) is 5.82 Å². The minimum absolute atomic E-state index is 0.0292. The Labute approximate surface area is 111 Å². The normalized spacial score (nSPS) is 21.2. The number of anilines is 1. The van der Waals surface area contributed by atoms with E-state index in [4.69, 9.17) is 0 Å². The van der Waals surface area contributed by atoms with Crippen molar-refractivity contribution in [2.24, 2.45) is 0 Å². The highest BCUT2D eigenvalue weighted by Gasteiger charge is 2.37. The molecule has 2 aromatic rings. The number of benzene rings is 2. The zero-order chi connectivity index (χ0) is 13.3. The van der Waals surface area contributed by atoms with E-state index in [9.17, 15) is 9.50 Å². The molecule has 0 saturated heterocycles. The van der Waals surface area contributed by atoms with Gasteiger partial charge in [0.1, 0.15) is 5.82 Å². The molecule has 0 aromatic heterocycles. The maximum absolute atomic E-state index is 12.9. The van der Waals surface area contributed by atoms with Crippen LogP contribution in [-0.2, 0) is 12.0 Å². The Morgan fingerprint density at radius 2 is 1.84 bits per heavy atom. The Morgan fingerprint density at radius 3 is 2.58 bits per heavy atom. The van der Waals surface area contributed by atoms with Gasteiger partial charge in [-0.05, 0) is 48.2 Å². The molecule has 0 aliphatic heterocycles. The molecule has 98 valence electrons. The molecule has 1 unspecified atom stereocenters. The SMILES string of the molecule is OCC1(Nc2ccc(F)cc2)CCc2ccccc21.